The largest absolute Gasteiger partial charge is 0.371 e. The zero-order valence-electron chi connectivity index (χ0n) is 11.6. The lowest BCUT2D eigenvalue weighted by atomic mass is 10.1. The Kier molecular flexibility index (Phi) is 5.43. The van der Waals surface area contributed by atoms with E-state index in [-0.39, 0.29) is 11.9 Å². The number of nitrogens with zero attached hydrogens (tertiary/aromatic N) is 1. The van der Waals surface area contributed by atoms with Crippen molar-refractivity contribution < 1.29 is 13.2 Å². The van der Waals surface area contributed by atoms with Crippen LogP contribution < -0.4 is 0 Å². The molecule has 0 amide bonds. The third-order valence-electron chi connectivity index (χ3n) is 3.43. The maximum atomic E-state index is 12.2. The van der Waals surface area contributed by atoms with Gasteiger partial charge in [0.1, 0.15) is 0 Å². The normalized spacial score (nSPS) is 21.0. The first-order valence-electron chi connectivity index (χ1n) is 6.88. The molecule has 0 bridgehead atoms. The average molecular weight is 318 g/mol. The monoisotopic (exact) mass is 317 g/mol. The Balaban J connectivity index is 2.11. The number of halogens is 1. The fourth-order valence-corrected chi connectivity index (χ4v) is 4.14. The summed E-state index contributed by atoms with van der Waals surface area (Å²) >= 11 is 6.16. The minimum Gasteiger partial charge on any atom is -0.371 e. The number of unbranched alkanes of at least 4 members (excludes halogenated alkanes) is 1. The molecule has 0 spiro atoms. The predicted molar refractivity (Wildman–Crippen MR) is 80.4 cm³/mol. The number of rotatable bonds is 5. The Morgan fingerprint density at radius 3 is 2.85 bits per heavy atom. The molecule has 0 saturated carbocycles. The Bertz CT molecular complexity index is 547. The number of hydrogen-bond donors (Lipinski definition) is 0. The van der Waals surface area contributed by atoms with Crippen molar-refractivity contribution in [2.24, 2.45) is 0 Å². The van der Waals surface area contributed by atoms with Gasteiger partial charge >= 0.3 is 0 Å². The molecule has 112 valence electrons. The molecule has 4 nitrogen and oxygen atoms in total. The van der Waals surface area contributed by atoms with Gasteiger partial charge in [0.25, 0.3) is 0 Å². The van der Waals surface area contributed by atoms with Crippen LogP contribution in [0.15, 0.2) is 24.3 Å². The van der Waals surface area contributed by atoms with Gasteiger partial charge in [-0.05, 0) is 12.5 Å². The molecule has 1 saturated heterocycles. The Morgan fingerprint density at radius 1 is 1.40 bits per heavy atom. The molecule has 2 rings (SSSR count). The van der Waals surface area contributed by atoms with Gasteiger partial charge in [0.05, 0.1) is 18.5 Å². The summed E-state index contributed by atoms with van der Waals surface area (Å²) in [4.78, 5) is 0. The van der Waals surface area contributed by atoms with Gasteiger partial charge in [0.15, 0.2) is 0 Å². The maximum absolute atomic E-state index is 12.2. The fourth-order valence-electron chi connectivity index (χ4n) is 2.26. The van der Waals surface area contributed by atoms with E-state index in [0.29, 0.717) is 31.1 Å². The van der Waals surface area contributed by atoms with E-state index in [1.807, 2.05) is 25.1 Å². The van der Waals surface area contributed by atoms with Gasteiger partial charge in [-0.1, -0.05) is 43.1 Å². The molecule has 0 aliphatic carbocycles. The fraction of sp³-hybridized carbons (Fsp3) is 0.571. The molecule has 1 fully saturated rings. The van der Waals surface area contributed by atoms with Gasteiger partial charge in [0.2, 0.25) is 10.0 Å². The standard InChI is InChI=1S/C14H20ClNO3S/c1-2-3-10-20(17,18)16-8-9-19-14(11-16)12-6-4-5-7-13(12)15/h4-7,14H,2-3,8-11H2,1H3. The predicted octanol–water partition coefficient (Wildman–Crippen LogP) is 2.84. The van der Waals surface area contributed by atoms with E-state index < -0.39 is 10.0 Å². The van der Waals surface area contributed by atoms with Crippen molar-refractivity contribution in [2.45, 2.75) is 25.9 Å². The molecule has 6 heteroatoms. The van der Waals surface area contributed by atoms with Crippen LogP contribution in [0.25, 0.3) is 0 Å². The molecule has 20 heavy (non-hydrogen) atoms. The lowest BCUT2D eigenvalue weighted by molar-refractivity contribution is -0.00249. The second kappa shape index (κ2) is 6.89. The third kappa shape index (κ3) is 3.73. The summed E-state index contributed by atoms with van der Waals surface area (Å²) in [5.41, 5.74) is 0.851. The van der Waals surface area contributed by atoms with Gasteiger partial charge in [-0.3, -0.25) is 0 Å². The van der Waals surface area contributed by atoms with Crippen molar-refractivity contribution in [1.29, 1.82) is 0 Å². The van der Waals surface area contributed by atoms with Crippen LogP contribution in [-0.4, -0.2) is 38.2 Å². The zero-order valence-corrected chi connectivity index (χ0v) is 13.2. The van der Waals surface area contributed by atoms with E-state index >= 15 is 0 Å². The lowest BCUT2D eigenvalue weighted by Crippen LogP contribution is -2.43. The second-order valence-electron chi connectivity index (χ2n) is 4.91. The van der Waals surface area contributed by atoms with E-state index in [1.165, 1.54) is 4.31 Å². The number of morpholine rings is 1. The van der Waals surface area contributed by atoms with Crippen LogP contribution in [0.4, 0.5) is 0 Å². The molecule has 1 atom stereocenters. The summed E-state index contributed by atoms with van der Waals surface area (Å²) in [7, 11) is -3.19. The summed E-state index contributed by atoms with van der Waals surface area (Å²) in [5.74, 6) is 0.207. The average Bonchev–Trinajstić information content (AvgIpc) is 2.46. The lowest BCUT2D eigenvalue weighted by Gasteiger charge is -2.32. The number of sulfonamides is 1. The number of benzene rings is 1. The molecule has 0 aromatic heterocycles. The van der Waals surface area contributed by atoms with Crippen LogP contribution in [0.5, 0.6) is 0 Å². The van der Waals surface area contributed by atoms with E-state index in [2.05, 4.69) is 0 Å². The van der Waals surface area contributed by atoms with E-state index in [4.69, 9.17) is 16.3 Å². The van der Waals surface area contributed by atoms with Crippen molar-refractivity contribution >= 4 is 21.6 Å². The van der Waals surface area contributed by atoms with E-state index in [0.717, 1.165) is 12.0 Å². The molecular weight excluding hydrogens is 298 g/mol. The summed E-state index contributed by atoms with van der Waals surface area (Å²) in [6.45, 7) is 3.16. The Morgan fingerprint density at radius 2 is 2.15 bits per heavy atom. The van der Waals surface area contributed by atoms with Crippen molar-refractivity contribution in [3.05, 3.63) is 34.9 Å². The molecule has 1 aliphatic heterocycles. The smallest absolute Gasteiger partial charge is 0.214 e. The van der Waals surface area contributed by atoms with Crippen LogP contribution in [0.1, 0.15) is 31.4 Å². The minimum absolute atomic E-state index is 0.207. The maximum Gasteiger partial charge on any atom is 0.214 e. The van der Waals surface area contributed by atoms with E-state index in [9.17, 15) is 8.42 Å². The highest BCUT2D eigenvalue weighted by Crippen LogP contribution is 2.29. The molecule has 1 heterocycles. The SMILES string of the molecule is CCCCS(=O)(=O)N1CCOC(c2ccccc2Cl)C1. The zero-order chi connectivity index (χ0) is 14.6. The quantitative estimate of drug-likeness (QED) is 0.839. The summed E-state index contributed by atoms with van der Waals surface area (Å²) in [6, 6.07) is 7.42. The van der Waals surface area contributed by atoms with Gasteiger partial charge in [-0.2, -0.15) is 4.31 Å². The number of ether oxygens (including phenoxy) is 1. The third-order valence-corrected chi connectivity index (χ3v) is 5.70. The van der Waals surface area contributed by atoms with E-state index in [1.54, 1.807) is 6.07 Å². The molecular formula is C14H20ClNO3S. The van der Waals surface area contributed by atoms with Gasteiger partial charge in [0, 0.05) is 23.7 Å². The van der Waals surface area contributed by atoms with Crippen LogP contribution in [0, 0.1) is 0 Å². The van der Waals surface area contributed by atoms with Crippen LogP contribution in [0.3, 0.4) is 0 Å². The number of hydrogen-bond acceptors (Lipinski definition) is 3. The molecule has 1 aromatic rings. The van der Waals surface area contributed by atoms with Gasteiger partial charge in [-0.15, -0.1) is 0 Å². The van der Waals surface area contributed by atoms with Crippen molar-refractivity contribution in [3.63, 3.8) is 0 Å². The van der Waals surface area contributed by atoms with Crippen molar-refractivity contribution in [1.82, 2.24) is 4.31 Å². The van der Waals surface area contributed by atoms with Gasteiger partial charge < -0.3 is 4.74 Å². The minimum atomic E-state index is -3.19. The molecule has 1 aliphatic rings. The van der Waals surface area contributed by atoms with Gasteiger partial charge in [-0.25, -0.2) is 8.42 Å². The Labute approximate surface area is 125 Å². The second-order valence-corrected chi connectivity index (χ2v) is 7.40. The van der Waals surface area contributed by atoms with Crippen LogP contribution in [-0.2, 0) is 14.8 Å². The van der Waals surface area contributed by atoms with Crippen molar-refractivity contribution in [3.8, 4) is 0 Å². The molecule has 1 aromatic carbocycles. The van der Waals surface area contributed by atoms with Crippen LogP contribution in [0.2, 0.25) is 5.02 Å². The highest BCUT2D eigenvalue weighted by molar-refractivity contribution is 7.89. The first-order valence-corrected chi connectivity index (χ1v) is 8.87. The molecule has 1 unspecified atom stereocenters. The summed E-state index contributed by atoms with van der Waals surface area (Å²) in [5, 5.41) is 0.616. The highest BCUT2D eigenvalue weighted by atomic mass is 35.5. The molecule has 0 radical (unpaired) electrons. The molecule has 0 N–H and O–H groups in total. The summed E-state index contributed by atoms with van der Waals surface area (Å²) < 4.78 is 31.7. The first-order chi connectivity index (χ1) is 9.54. The topological polar surface area (TPSA) is 46.6 Å². The first kappa shape index (κ1) is 15.8. The Hall–Kier alpha value is -0.620. The van der Waals surface area contributed by atoms with Crippen LogP contribution >= 0.6 is 11.6 Å². The van der Waals surface area contributed by atoms with Crippen molar-refractivity contribution in [2.75, 3.05) is 25.4 Å². The highest BCUT2D eigenvalue weighted by Gasteiger charge is 2.30. The summed E-state index contributed by atoms with van der Waals surface area (Å²) in [6.07, 6.45) is 1.28.